The molecule has 0 fully saturated rings. The van der Waals surface area contributed by atoms with Crippen LogP contribution in [0.2, 0.25) is 5.02 Å². The molecule has 0 aromatic heterocycles. The zero-order valence-corrected chi connectivity index (χ0v) is 12.1. The van der Waals surface area contributed by atoms with Gasteiger partial charge in [-0.1, -0.05) is 53.7 Å². The molecule has 1 aliphatic heterocycles. The number of amidine groups is 1. The molecule has 0 amide bonds. The number of hydrogen-bond donors (Lipinski definition) is 1. The van der Waals surface area contributed by atoms with E-state index in [2.05, 4.69) is 22.4 Å². The number of nitrogens with zero attached hydrogens (tertiary/aromatic N) is 1. The molecule has 0 radical (unpaired) electrons. The van der Waals surface area contributed by atoms with Crippen molar-refractivity contribution in [2.75, 3.05) is 11.9 Å². The highest BCUT2D eigenvalue weighted by atomic mass is 35.5. The Morgan fingerprint density at radius 1 is 1.20 bits per heavy atom. The topological polar surface area (TPSA) is 24.4 Å². The van der Waals surface area contributed by atoms with Gasteiger partial charge in [0.2, 0.25) is 0 Å². The lowest BCUT2D eigenvalue weighted by molar-refractivity contribution is 0.628. The van der Waals surface area contributed by atoms with Crippen LogP contribution in [-0.2, 0) is 0 Å². The highest BCUT2D eigenvalue weighted by Gasteiger charge is 2.21. The van der Waals surface area contributed by atoms with Crippen LogP contribution in [0.25, 0.3) is 0 Å². The van der Waals surface area contributed by atoms with Gasteiger partial charge in [0.1, 0.15) is 5.82 Å². The Labute approximate surface area is 126 Å². The molecule has 3 rings (SSSR count). The fraction of sp³-hybridized carbons (Fsp3) is 0.133. The summed E-state index contributed by atoms with van der Waals surface area (Å²) in [6, 6.07) is 14.8. The van der Waals surface area contributed by atoms with Gasteiger partial charge in [0.25, 0.3) is 0 Å². The number of thioether (sulfide) groups is 1. The van der Waals surface area contributed by atoms with Gasteiger partial charge < -0.3 is 5.32 Å². The summed E-state index contributed by atoms with van der Waals surface area (Å²) in [5.41, 5.74) is 2.01. The van der Waals surface area contributed by atoms with Crippen molar-refractivity contribution < 1.29 is 4.39 Å². The number of benzene rings is 2. The van der Waals surface area contributed by atoms with Gasteiger partial charge in [-0.3, -0.25) is 4.99 Å². The smallest absolute Gasteiger partial charge is 0.161 e. The van der Waals surface area contributed by atoms with E-state index in [0.717, 1.165) is 17.4 Å². The maximum Gasteiger partial charge on any atom is 0.161 e. The Kier molecular flexibility index (Phi) is 3.94. The average Bonchev–Trinajstić information content (AvgIpc) is 2.92. The van der Waals surface area contributed by atoms with Crippen LogP contribution in [0.5, 0.6) is 0 Å². The van der Waals surface area contributed by atoms with Crippen molar-refractivity contribution in [2.45, 2.75) is 5.25 Å². The Morgan fingerprint density at radius 2 is 2.00 bits per heavy atom. The molecule has 2 nitrogen and oxygen atoms in total. The third kappa shape index (κ3) is 2.97. The summed E-state index contributed by atoms with van der Waals surface area (Å²) in [4.78, 5) is 4.47. The maximum atomic E-state index is 13.1. The Hall–Kier alpha value is -1.52. The van der Waals surface area contributed by atoms with Gasteiger partial charge in [0.15, 0.2) is 5.17 Å². The zero-order valence-electron chi connectivity index (χ0n) is 10.5. The summed E-state index contributed by atoms with van der Waals surface area (Å²) in [5, 5.41) is 4.44. The number of anilines is 1. The molecule has 2 aromatic carbocycles. The molecule has 0 aliphatic carbocycles. The molecule has 1 N–H and O–H groups in total. The second kappa shape index (κ2) is 5.85. The molecule has 0 spiro atoms. The first-order chi connectivity index (χ1) is 9.72. The second-order valence-corrected chi connectivity index (χ2v) is 6.02. The van der Waals surface area contributed by atoms with Crippen molar-refractivity contribution in [1.82, 2.24) is 0 Å². The van der Waals surface area contributed by atoms with Gasteiger partial charge in [-0.15, -0.1) is 0 Å². The fourth-order valence-electron chi connectivity index (χ4n) is 1.98. The summed E-state index contributed by atoms with van der Waals surface area (Å²) in [6.07, 6.45) is 0. The van der Waals surface area contributed by atoms with E-state index in [1.807, 2.05) is 18.2 Å². The van der Waals surface area contributed by atoms with Crippen molar-refractivity contribution in [3.63, 3.8) is 0 Å². The van der Waals surface area contributed by atoms with Crippen molar-refractivity contribution in [3.05, 3.63) is 64.9 Å². The molecular formula is C15H12ClFN2S. The van der Waals surface area contributed by atoms with Crippen LogP contribution in [0.15, 0.2) is 53.5 Å². The lowest BCUT2D eigenvalue weighted by Gasteiger charge is -2.09. The largest absolute Gasteiger partial charge is 0.335 e. The zero-order chi connectivity index (χ0) is 13.9. The van der Waals surface area contributed by atoms with E-state index >= 15 is 0 Å². The lowest BCUT2D eigenvalue weighted by atomic mass is 10.1. The highest BCUT2D eigenvalue weighted by Crippen LogP contribution is 2.35. The third-order valence-electron chi connectivity index (χ3n) is 3.00. The molecule has 102 valence electrons. The predicted octanol–water partition coefficient (Wildman–Crippen LogP) is 4.74. The van der Waals surface area contributed by atoms with Crippen LogP contribution in [0, 0.1) is 5.82 Å². The molecule has 1 heterocycles. The van der Waals surface area contributed by atoms with Crippen LogP contribution in [0.4, 0.5) is 10.1 Å². The quantitative estimate of drug-likeness (QED) is 0.867. The predicted molar refractivity (Wildman–Crippen MR) is 84.1 cm³/mol. The standard InChI is InChI=1S/C15H12ClFN2S/c16-12-8-11(6-7-13(12)17)19-15-18-9-14(20-15)10-4-2-1-3-5-10/h1-8,14H,9H2,(H,18,19). The molecule has 0 bridgehead atoms. The van der Waals surface area contributed by atoms with Gasteiger partial charge in [-0.2, -0.15) is 0 Å². The fourth-order valence-corrected chi connectivity index (χ4v) is 3.20. The number of nitrogens with one attached hydrogen (secondary N) is 1. The van der Waals surface area contributed by atoms with Gasteiger partial charge >= 0.3 is 0 Å². The van der Waals surface area contributed by atoms with Crippen molar-refractivity contribution >= 4 is 34.2 Å². The third-order valence-corrected chi connectivity index (χ3v) is 4.45. The summed E-state index contributed by atoms with van der Waals surface area (Å²) < 4.78 is 13.1. The van der Waals surface area contributed by atoms with Crippen molar-refractivity contribution in [3.8, 4) is 0 Å². The van der Waals surface area contributed by atoms with E-state index in [0.29, 0.717) is 5.25 Å². The van der Waals surface area contributed by atoms with E-state index in [1.165, 1.54) is 11.6 Å². The normalized spacial score (nSPS) is 17.9. The van der Waals surface area contributed by atoms with Gasteiger partial charge in [-0.25, -0.2) is 4.39 Å². The summed E-state index contributed by atoms with van der Waals surface area (Å²) >= 11 is 7.43. The van der Waals surface area contributed by atoms with E-state index in [4.69, 9.17) is 11.6 Å². The van der Waals surface area contributed by atoms with Crippen LogP contribution in [0.3, 0.4) is 0 Å². The Morgan fingerprint density at radius 3 is 2.75 bits per heavy atom. The maximum absolute atomic E-state index is 13.1. The van der Waals surface area contributed by atoms with Crippen LogP contribution >= 0.6 is 23.4 Å². The average molecular weight is 307 g/mol. The van der Waals surface area contributed by atoms with E-state index in [9.17, 15) is 4.39 Å². The lowest BCUT2D eigenvalue weighted by Crippen LogP contribution is -2.05. The van der Waals surface area contributed by atoms with Crippen LogP contribution < -0.4 is 5.32 Å². The molecule has 1 aliphatic rings. The molecule has 20 heavy (non-hydrogen) atoms. The second-order valence-electron chi connectivity index (χ2n) is 4.42. The van der Waals surface area contributed by atoms with Gasteiger partial charge in [0, 0.05) is 5.69 Å². The molecule has 0 saturated heterocycles. The molecule has 1 atom stereocenters. The first-order valence-corrected chi connectivity index (χ1v) is 7.46. The highest BCUT2D eigenvalue weighted by molar-refractivity contribution is 8.14. The molecule has 5 heteroatoms. The first-order valence-electron chi connectivity index (χ1n) is 6.20. The number of hydrogen-bond acceptors (Lipinski definition) is 3. The van der Waals surface area contributed by atoms with Crippen LogP contribution in [-0.4, -0.2) is 11.7 Å². The minimum absolute atomic E-state index is 0.109. The number of halogens is 2. The Balaban J connectivity index is 1.67. The molecule has 2 aromatic rings. The minimum atomic E-state index is -0.416. The van der Waals surface area contributed by atoms with Gasteiger partial charge in [-0.05, 0) is 23.8 Å². The Bertz CT molecular complexity index is 646. The summed E-state index contributed by atoms with van der Waals surface area (Å²) in [6.45, 7) is 0.742. The summed E-state index contributed by atoms with van der Waals surface area (Å²) in [5.74, 6) is -0.416. The van der Waals surface area contributed by atoms with Gasteiger partial charge in [0.05, 0.1) is 16.8 Å². The molecule has 1 unspecified atom stereocenters. The minimum Gasteiger partial charge on any atom is -0.335 e. The van der Waals surface area contributed by atoms with E-state index in [1.54, 1.807) is 23.9 Å². The van der Waals surface area contributed by atoms with E-state index in [-0.39, 0.29) is 5.02 Å². The monoisotopic (exact) mass is 306 g/mol. The van der Waals surface area contributed by atoms with Crippen LogP contribution in [0.1, 0.15) is 10.8 Å². The molecular weight excluding hydrogens is 295 g/mol. The first kappa shape index (κ1) is 13.5. The summed E-state index contributed by atoms with van der Waals surface area (Å²) in [7, 11) is 0. The van der Waals surface area contributed by atoms with Crippen molar-refractivity contribution in [2.24, 2.45) is 4.99 Å². The van der Waals surface area contributed by atoms with Crippen molar-refractivity contribution in [1.29, 1.82) is 0 Å². The van der Waals surface area contributed by atoms with E-state index < -0.39 is 5.82 Å². The molecule has 0 saturated carbocycles. The SMILES string of the molecule is Fc1ccc(NC2=NCC(c3ccccc3)S2)cc1Cl. The number of rotatable bonds is 2. The number of aliphatic imine (C=N–C) groups is 1.